The Bertz CT molecular complexity index is 646. The van der Waals surface area contributed by atoms with E-state index in [1.165, 1.54) is 18.3 Å². The van der Waals surface area contributed by atoms with Crippen molar-refractivity contribution in [3.05, 3.63) is 29.3 Å². The lowest BCUT2D eigenvalue weighted by Gasteiger charge is -2.08. The second kappa shape index (κ2) is 7.50. The van der Waals surface area contributed by atoms with E-state index in [1.54, 1.807) is 0 Å². The summed E-state index contributed by atoms with van der Waals surface area (Å²) in [5, 5.41) is 4.11. The third-order valence-corrected chi connectivity index (χ3v) is 3.97. The van der Waals surface area contributed by atoms with Crippen LogP contribution in [0.4, 0.5) is 13.2 Å². The number of nitrogens with zero attached hydrogens (tertiary/aromatic N) is 4. The molecule has 23 heavy (non-hydrogen) atoms. The average molecular weight is 368 g/mol. The van der Waals surface area contributed by atoms with Gasteiger partial charge in [0.15, 0.2) is 5.82 Å². The molecule has 0 aliphatic rings. The summed E-state index contributed by atoms with van der Waals surface area (Å²) in [7, 11) is 0.164. The van der Waals surface area contributed by atoms with E-state index >= 15 is 0 Å². The van der Waals surface area contributed by atoms with Crippen LogP contribution in [0.2, 0.25) is 5.15 Å². The van der Waals surface area contributed by atoms with Crippen LogP contribution in [0.15, 0.2) is 18.3 Å². The molecule has 2 rings (SSSR count). The molecule has 0 N–H and O–H groups in total. The molecule has 2 heterocycles. The Labute approximate surface area is 139 Å². The summed E-state index contributed by atoms with van der Waals surface area (Å²) >= 11 is 5.66. The van der Waals surface area contributed by atoms with Gasteiger partial charge in [0, 0.05) is 11.8 Å². The molecule has 5 nitrogen and oxygen atoms in total. The molecule has 0 atom stereocenters. The number of alkyl halides is 3. The van der Waals surface area contributed by atoms with Gasteiger partial charge >= 0.3 is 6.18 Å². The van der Waals surface area contributed by atoms with Crippen LogP contribution >= 0.6 is 11.6 Å². The number of hydrogen-bond acceptors (Lipinski definition) is 4. The third kappa shape index (κ3) is 5.08. The molecule has 0 saturated carbocycles. The van der Waals surface area contributed by atoms with Crippen LogP contribution < -0.4 is 0 Å². The molecular formula is C13H15ClF3N4OS+. The highest BCUT2D eigenvalue weighted by Crippen LogP contribution is 2.29. The van der Waals surface area contributed by atoms with E-state index in [1.807, 2.05) is 12.5 Å². The van der Waals surface area contributed by atoms with Gasteiger partial charge in [0.1, 0.15) is 17.6 Å². The van der Waals surface area contributed by atoms with Crippen LogP contribution in [0, 0.1) is 0 Å². The third-order valence-electron chi connectivity index (χ3n) is 2.76. The maximum Gasteiger partial charge on any atom is 0.451 e. The van der Waals surface area contributed by atoms with E-state index in [-0.39, 0.29) is 28.6 Å². The Hall–Kier alpha value is -1.32. The minimum absolute atomic E-state index is 0.0733. The first kappa shape index (κ1) is 18.0. The predicted octanol–water partition coefficient (Wildman–Crippen LogP) is 2.86. The molecule has 0 radical (unpaired) electrons. The second-order valence-electron chi connectivity index (χ2n) is 4.85. The average Bonchev–Trinajstić information content (AvgIpc) is 2.88. The molecule has 10 heteroatoms. The van der Waals surface area contributed by atoms with Crippen molar-refractivity contribution in [3.63, 3.8) is 0 Å². The topological polar surface area (TPSA) is 52.8 Å². The van der Waals surface area contributed by atoms with Crippen molar-refractivity contribution < 1.29 is 17.9 Å². The first-order valence-electron chi connectivity index (χ1n) is 6.53. The minimum atomic E-state index is -4.62. The largest absolute Gasteiger partial charge is 0.451 e. The number of halogens is 4. The van der Waals surface area contributed by atoms with Crippen molar-refractivity contribution in [2.75, 3.05) is 24.9 Å². The standard InChI is InChI=1S/C13H15ClF3N4OS/c1-23(2)6-5-22-8-21-12(13(15,16)17)19-11(20-21)9-3-4-10(14)18-7-9/h3-4,7H,5-6,8H2,1-2H3/q+1. The zero-order chi connectivity index (χ0) is 17.0. The van der Waals surface area contributed by atoms with Crippen molar-refractivity contribution in [1.29, 1.82) is 0 Å². The lowest BCUT2D eigenvalue weighted by Crippen LogP contribution is -2.19. The summed E-state index contributed by atoms with van der Waals surface area (Å²) in [6, 6.07) is 2.97. The van der Waals surface area contributed by atoms with Gasteiger partial charge in [-0.1, -0.05) is 11.6 Å². The van der Waals surface area contributed by atoms with Crippen molar-refractivity contribution >= 4 is 22.5 Å². The van der Waals surface area contributed by atoms with Crippen LogP contribution in [0.3, 0.4) is 0 Å². The predicted molar refractivity (Wildman–Crippen MR) is 83.3 cm³/mol. The molecule has 0 bridgehead atoms. The van der Waals surface area contributed by atoms with Crippen molar-refractivity contribution in [2.24, 2.45) is 0 Å². The Morgan fingerprint density at radius 3 is 2.61 bits per heavy atom. The van der Waals surface area contributed by atoms with Gasteiger partial charge in [0.05, 0.1) is 19.1 Å². The Balaban J connectivity index is 2.20. The fraction of sp³-hybridized carbons (Fsp3) is 0.462. The molecular weight excluding hydrogens is 353 g/mol. The van der Waals surface area contributed by atoms with Gasteiger partial charge in [-0.3, -0.25) is 0 Å². The SMILES string of the molecule is C[S+](C)CCOCn1nc(-c2ccc(Cl)nc2)nc1C(F)(F)F. The first-order valence-corrected chi connectivity index (χ1v) is 9.12. The van der Waals surface area contributed by atoms with Gasteiger partial charge < -0.3 is 4.74 Å². The van der Waals surface area contributed by atoms with E-state index in [0.29, 0.717) is 16.9 Å². The molecule has 0 saturated heterocycles. The summed E-state index contributed by atoms with van der Waals surface area (Å²) in [5.41, 5.74) is 0.349. The van der Waals surface area contributed by atoms with Crippen LogP contribution in [0.25, 0.3) is 11.4 Å². The van der Waals surface area contributed by atoms with Crippen LogP contribution in [0.5, 0.6) is 0 Å². The smallest absolute Gasteiger partial charge is 0.354 e. The van der Waals surface area contributed by atoms with E-state index < -0.39 is 12.0 Å². The highest BCUT2D eigenvalue weighted by atomic mass is 35.5. The zero-order valence-corrected chi connectivity index (χ0v) is 14.0. The van der Waals surface area contributed by atoms with Crippen molar-refractivity contribution in [2.45, 2.75) is 12.9 Å². The van der Waals surface area contributed by atoms with Gasteiger partial charge in [-0.2, -0.15) is 13.2 Å². The molecule has 0 aliphatic carbocycles. The highest BCUT2D eigenvalue weighted by Gasteiger charge is 2.38. The van der Waals surface area contributed by atoms with Crippen molar-refractivity contribution in [3.8, 4) is 11.4 Å². The van der Waals surface area contributed by atoms with Crippen LogP contribution in [-0.4, -0.2) is 44.6 Å². The van der Waals surface area contributed by atoms with Crippen LogP contribution in [-0.2, 0) is 28.5 Å². The quantitative estimate of drug-likeness (QED) is 0.447. The van der Waals surface area contributed by atoms with Gasteiger partial charge in [-0.05, 0) is 23.0 Å². The monoisotopic (exact) mass is 367 g/mol. The fourth-order valence-corrected chi connectivity index (χ4v) is 2.21. The summed E-state index contributed by atoms with van der Waals surface area (Å²) in [6.07, 6.45) is 0.772. The number of rotatable bonds is 6. The van der Waals surface area contributed by atoms with Gasteiger partial charge in [0.25, 0.3) is 0 Å². The van der Waals surface area contributed by atoms with E-state index in [9.17, 15) is 13.2 Å². The molecule has 0 spiro atoms. The Morgan fingerprint density at radius 2 is 2.04 bits per heavy atom. The maximum absolute atomic E-state index is 13.1. The van der Waals surface area contributed by atoms with E-state index in [0.717, 1.165) is 5.75 Å². The van der Waals surface area contributed by atoms with Gasteiger partial charge in [0.2, 0.25) is 5.82 Å². The Morgan fingerprint density at radius 1 is 1.30 bits per heavy atom. The summed E-state index contributed by atoms with van der Waals surface area (Å²) in [4.78, 5) is 7.38. The lowest BCUT2D eigenvalue weighted by molar-refractivity contribution is -0.150. The van der Waals surface area contributed by atoms with E-state index in [2.05, 4.69) is 15.1 Å². The fourth-order valence-electron chi connectivity index (χ4n) is 1.65. The molecule has 0 aromatic carbocycles. The lowest BCUT2D eigenvalue weighted by atomic mass is 10.3. The normalized spacial score (nSPS) is 12.1. The van der Waals surface area contributed by atoms with E-state index in [4.69, 9.17) is 16.3 Å². The van der Waals surface area contributed by atoms with Crippen molar-refractivity contribution in [1.82, 2.24) is 19.7 Å². The minimum Gasteiger partial charge on any atom is -0.354 e. The molecule has 0 fully saturated rings. The molecule has 2 aromatic heterocycles. The maximum atomic E-state index is 13.1. The number of ether oxygens (including phenoxy) is 1. The Kier molecular flexibility index (Phi) is 5.88. The zero-order valence-electron chi connectivity index (χ0n) is 12.5. The van der Waals surface area contributed by atoms with Crippen LogP contribution in [0.1, 0.15) is 5.82 Å². The summed E-state index contributed by atoms with van der Waals surface area (Å²) in [6.45, 7) is 0.0607. The summed E-state index contributed by atoms with van der Waals surface area (Å²) in [5.74, 6) is -0.394. The van der Waals surface area contributed by atoms with Gasteiger partial charge in [-0.15, -0.1) is 5.10 Å². The highest BCUT2D eigenvalue weighted by molar-refractivity contribution is 7.95. The van der Waals surface area contributed by atoms with Gasteiger partial charge in [-0.25, -0.2) is 14.6 Å². The molecule has 2 aromatic rings. The summed E-state index contributed by atoms with van der Waals surface area (Å²) < 4.78 is 45.2. The molecule has 0 unspecified atom stereocenters. The first-order chi connectivity index (χ1) is 10.8. The molecule has 0 aliphatic heterocycles. The molecule has 0 amide bonds. The number of pyridine rings is 1. The number of hydrogen-bond donors (Lipinski definition) is 0. The second-order valence-corrected chi connectivity index (χ2v) is 7.62. The molecule has 126 valence electrons. The number of aromatic nitrogens is 4.